The Morgan fingerprint density at radius 1 is 1.04 bits per heavy atom. The molecule has 2 aromatic heterocycles. The van der Waals surface area contributed by atoms with Crippen LogP contribution >= 0.6 is 0 Å². The van der Waals surface area contributed by atoms with Crippen molar-refractivity contribution in [3.05, 3.63) is 83.9 Å². The van der Waals surface area contributed by atoms with Gasteiger partial charge in [0.2, 0.25) is 0 Å². The van der Waals surface area contributed by atoms with Crippen molar-refractivity contribution in [2.75, 3.05) is 12.4 Å². The van der Waals surface area contributed by atoms with Crippen molar-refractivity contribution in [2.45, 2.75) is 13.1 Å². The van der Waals surface area contributed by atoms with Crippen LogP contribution in [0.2, 0.25) is 0 Å². The molecule has 0 aliphatic heterocycles. The monoisotopic (exact) mass is 348 g/mol. The minimum atomic E-state index is -0.220. The van der Waals surface area contributed by atoms with Gasteiger partial charge in [-0.2, -0.15) is 0 Å². The van der Waals surface area contributed by atoms with Gasteiger partial charge in [-0.15, -0.1) is 0 Å². The summed E-state index contributed by atoms with van der Waals surface area (Å²) in [5.41, 5.74) is 3.26. The molecule has 0 aliphatic carbocycles. The molecule has 0 atom stereocenters. The highest BCUT2D eigenvalue weighted by Gasteiger charge is 2.08. The van der Waals surface area contributed by atoms with Crippen LogP contribution < -0.4 is 15.4 Å². The third-order valence-corrected chi connectivity index (χ3v) is 3.82. The molecule has 0 fully saturated rings. The van der Waals surface area contributed by atoms with Crippen molar-refractivity contribution < 1.29 is 9.53 Å². The second-order valence-electron chi connectivity index (χ2n) is 5.68. The van der Waals surface area contributed by atoms with Gasteiger partial charge in [0.05, 0.1) is 7.11 Å². The number of nitrogens with one attached hydrogen (secondary N) is 2. The fourth-order valence-electron chi connectivity index (χ4n) is 2.39. The molecule has 3 rings (SSSR count). The predicted octanol–water partition coefficient (Wildman–Crippen LogP) is 3.03. The Bertz CT molecular complexity index is 851. The van der Waals surface area contributed by atoms with E-state index in [-0.39, 0.29) is 5.91 Å². The number of pyridine rings is 2. The Morgan fingerprint density at radius 2 is 1.88 bits per heavy atom. The van der Waals surface area contributed by atoms with Crippen molar-refractivity contribution in [1.29, 1.82) is 0 Å². The van der Waals surface area contributed by atoms with E-state index < -0.39 is 0 Å². The minimum Gasteiger partial charge on any atom is -0.497 e. The Morgan fingerprint density at radius 3 is 2.62 bits per heavy atom. The summed E-state index contributed by atoms with van der Waals surface area (Å²) in [5, 5.41) is 6.14. The molecule has 0 bridgehead atoms. The van der Waals surface area contributed by atoms with Gasteiger partial charge in [-0.3, -0.25) is 14.8 Å². The number of aromatic nitrogens is 2. The second kappa shape index (κ2) is 8.62. The molecule has 0 spiro atoms. The standard InChI is InChI=1S/C20H20N4O2/c1-26-18-6-4-15(5-7-18)13-23-17-8-10-22-19(11-17)20(25)24-14-16-3-2-9-21-12-16/h2-12H,13-14H2,1H3,(H,22,23)(H,24,25). The quantitative estimate of drug-likeness (QED) is 0.686. The SMILES string of the molecule is COc1ccc(CNc2ccnc(C(=O)NCc3cccnc3)c2)cc1. The van der Waals surface area contributed by atoms with E-state index in [1.54, 1.807) is 31.8 Å². The van der Waals surface area contributed by atoms with Gasteiger partial charge in [0.15, 0.2) is 0 Å². The van der Waals surface area contributed by atoms with Crippen LogP contribution in [-0.2, 0) is 13.1 Å². The maximum Gasteiger partial charge on any atom is 0.270 e. The molecule has 132 valence electrons. The number of hydrogen-bond acceptors (Lipinski definition) is 5. The lowest BCUT2D eigenvalue weighted by molar-refractivity contribution is 0.0946. The van der Waals surface area contributed by atoms with Gasteiger partial charge in [0.25, 0.3) is 5.91 Å². The highest BCUT2D eigenvalue weighted by atomic mass is 16.5. The summed E-state index contributed by atoms with van der Waals surface area (Å²) in [6.07, 6.45) is 5.04. The average Bonchev–Trinajstić information content (AvgIpc) is 2.72. The number of methoxy groups -OCH3 is 1. The molecule has 2 N–H and O–H groups in total. The maximum absolute atomic E-state index is 12.3. The zero-order valence-corrected chi connectivity index (χ0v) is 14.5. The summed E-state index contributed by atoms with van der Waals surface area (Å²) in [5.74, 6) is 0.604. The molecule has 0 saturated heterocycles. The van der Waals surface area contributed by atoms with Crippen LogP contribution in [0, 0.1) is 0 Å². The van der Waals surface area contributed by atoms with Crippen molar-refractivity contribution in [1.82, 2.24) is 15.3 Å². The topological polar surface area (TPSA) is 76.1 Å². The van der Waals surface area contributed by atoms with E-state index in [0.29, 0.717) is 18.8 Å². The lowest BCUT2D eigenvalue weighted by Gasteiger charge is -2.09. The lowest BCUT2D eigenvalue weighted by atomic mass is 10.2. The molecule has 6 nitrogen and oxygen atoms in total. The van der Waals surface area contributed by atoms with E-state index in [4.69, 9.17) is 4.74 Å². The van der Waals surface area contributed by atoms with Crippen molar-refractivity contribution in [3.8, 4) is 5.75 Å². The summed E-state index contributed by atoms with van der Waals surface area (Å²) >= 11 is 0. The number of hydrogen-bond donors (Lipinski definition) is 2. The molecule has 2 heterocycles. The van der Waals surface area contributed by atoms with E-state index in [2.05, 4.69) is 20.6 Å². The molecule has 0 aliphatic rings. The predicted molar refractivity (Wildman–Crippen MR) is 100.0 cm³/mol. The molecule has 0 saturated carbocycles. The van der Waals surface area contributed by atoms with E-state index in [1.807, 2.05) is 42.5 Å². The van der Waals surface area contributed by atoms with Crippen molar-refractivity contribution in [2.24, 2.45) is 0 Å². The Labute approximate surface area is 152 Å². The van der Waals surface area contributed by atoms with Gasteiger partial charge < -0.3 is 15.4 Å². The number of rotatable bonds is 7. The van der Waals surface area contributed by atoms with E-state index in [0.717, 1.165) is 22.6 Å². The molecule has 1 aromatic carbocycles. The summed E-state index contributed by atoms with van der Waals surface area (Å²) < 4.78 is 5.15. The molecule has 0 radical (unpaired) electrons. The van der Waals surface area contributed by atoms with Gasteiger partial charge in [0.1, 0.15) is 11.4 Å². The fourth-order valence-corrected chi connectivity index (χ4v) is 2.39. The number of carbonyl (C=O) groups is 1. The maximum atomic E-state index is 12.3. The van der Waals surface area contributed by atoms with Crippen LogP contribution in [0.3, 0.4) is 0 Å². The molecule has 1 amide bonds. The average molecular weight is 348 g/mol. The van der Waals surface area contributed by atoms with E-state index in [9.17, 15) is 4.79 Å². The van der Waals surface area contributed by atoms with Crippen LogP contribution in [0.15, 0.2) is 67.1 Å². The van der Waals surface area contributed by atoms with Crippen molar-refractivity contribution >= 4 is 11.6 Å². The Balaban J connectivity index is 1.57. The summed E-state index contributed by atoms with van der Waals surface area (Å²) in [6, 6.07) is 15.1. The van der Waals surface area contributed by atoms with Crippen LogP contribution in [0.5, 0.6) is 5.75 Å². The third-order valence-electron chi connectivity index (χ3n) is 3.82. The van der Waals surface area contributed by atoms with E-state index in [1.165, 1.54) is 0 Å². The van der Waals surface area contributed by atoms with Gasteiger partial charge in [-0.05, 0) is 41.5 Å². The normalized spacial score (nSPS) is 10.2. The number of nitrogens with zero attached hydrogens (tertiary/aromatic N) is 2. The largest absolute Gasteiger partial charge is 0.497 e. The molecule has 3 aromatic rings. The van der Waals surface area contributed by atoms with Crippen molar-refractivity contribution in [3.63, 3.8) is 0 Å². The molecular formula is C20H20N4O2. The first-order valence-corrected chi connectivity index (χ1v) is 8.24. The fraction of sp³-hybridized carbons (Fsp3) is 0.150. The van der Waals surface area contributed by atoms with Gasteiger partial charge in [-0.25, -0.2) is 0 Å². The third kappa shape index (κ3) is 4.80. The zero-order chi connectivity index (χ0) is 18.2. The number of anilines is 1. The Kier molecular flexibility index (Phi) is 5.77. The highest BCUT2D eigenvalue weighted by Crippen LogP contribution is 2.14. The molecular weight excluding hydrogens is 328 g/mol. The molecule has 0 unspecified atom stereocenters. The van der Waals surface area contributed by atoms with Crippen LogP contribution in [0.1, 0.15) is 21.6 Å². The van der Waals surface area contributed by atoms with Gasteiger partial charge in [-0.1, -0.05) is 18.2 Å². The second-order valence-corrected chi connectivity index (χ2v) is 5.68. The highest BCUT2D eigenvalue weighted by molar-refractivity contribution is 5.93. The van der Waals surface area contributed by atoms with Crippen LogP contribution in [0.25, 0.3) is 0 Å². The van der Waals surface area contributed by atoms with E-state index >= 15 is 0 Å². The summed E-state index contributed by atoms with van der Waals surface area (Å²) in [6.45, 7) is 1.06. The number of benzene rings is 1. The minimum absolute atomic E-state index is 0.220. The summed E-state index contributed by atoms with van der Waals surface area (Å²) in [7, 11) is 1.64. The lowest BCUT2D eigenvalue weighted by Crippen LogP contribution is -2.23. The van der Waals surface area contributed by atoms with Crippen LogP contribution in [0.4, 0.5) is 5.69 Å². The first-order chi connectivity index (χ1) is 12.7. The number of carbonyl (C=O) groups excluding carboxylic acids is 1. The number of ether oxygens (including phenoxy) is 1. The molecule has 6 heteroatoms. The smallest absolute Gasteiger partial charge is 0.270 e. The van der Waals surface area contributed by atoms with Crippen LogP contribution in [-0.4, -0.2) is 23.0 Å². The Hall–Kier alpha value is -3.41. The first kappa shape index (κ1) is 17.4. The van der Waals surface area contributed by atoms with Gasteiger partial charge in [0, 0.05) is 37.4 Å². The zero-order valence-electron chi connectivity index (χ0n) is 14.5. The molecule has 26 heavy (non-hydrogen) atoms. The van der Waals surface area contributed by atoms with Gasteiger partial charge >= 0.3 is 0 Å². The first-order valence-electron chi connectivity index (χ1n) is 8.24. The summed E-state index contributed by atoms with van der Waals surface area (Å²) in [4.78, 5) is 20.5. The number of amides is 1.